The number of aliphatic hydroxyl groups is 2. The molecule has 1 aliphatic heterocycles. The van der Waals surface area contributed by atoms with Gasteiger partial charge in [-0.25, -0.2) is 9.18 Å². The molecule has 0 bridgehead atoms. The molecule has 6 rings (SSSR count). The molecule has 2 amide bonds. The van der Waals surface area contributed by atoms with Gasteiger partial charge < -0.3 is 39.5 Å². The molecule has 15 heteroatoms. The van der Waals surface area contributed by atoms with Gasteiger partial charge in [0.15, 0.2) is 0 Å². The zero-order chi connectivity index (χ0) is 44.2. The Morgan fingerprint density at radius 2 is 1.79 bits per heavy atom. The van der Waals surface area contributed by atoms with Gasteiger partial charge in [0, 0.05) is 62.4 Å². The lowest BCUT2D eigenvalue weighted by Gasteiger charge is -2.60. The fraction of sp³-hybridized carbons (Fsp3) is 0.426. The number of oxime groups is 1. The molecular weight excluding hydrogens is 800 g/mol. The van der Waals surface area contributed by atoms with Crippen molar-refractivity contribution in [2.75, 3.05) is 33.5 Å². The molecular formula is C47H55FN4O10. The van der Waals surface area contributed by atoms with Crippen molar-refractivity contribution in [3.05, 3.63) is 130 Å². The van der Waals surface area contributed by atoms with E-state index in [-0.39, 0.29) is 56.2 Å². The highest BCUT2D eigenvalue weighted by molar-refractivity contribution is 6.03. The molecule has 1 fully saturated rings. The van der Waals surface area contributed by atoms with Crippen molar-refractivity contribution in [3.63, 3.8) is 0 Å². The molecule has 0 spiro atoms. The summed E-state index contributed by atoms with van der Waals surface area (Å²) in [5.74, 6) is -2.80. The molecule has 1 heterocycles. The normalized spacial score (nSPS) is 23.1. The highest BCUT2D eigenvalue weighted by Crippen LogP contribution is 2.62. The number of nitro benzene ring substituents is 1. The van der Waals surface area contributed by atoms with Crippen molar-refractivity contribution in [2.45, 2.75) is 76.2 Å². The van der Waals surface area contributed by atoms with Crippen molar-refractivity contribution in [2.24, 2.45) is 22.9 Å². The number of benzene rings is 3. The van der Waals surface area contributed by atoms with Gasteiger partial charge in [-0.2, -0.15) is 0 Å². The van der Waals surface area contributed by atoms with Crippen LogP contribution < -0.4 is 14.8 Å². The lowest BCUT2D eigenvalue weighted by atomic mass is 9.55. The zero-order valence-corrected chi connectivity index (χ0v) is 35.1. The topological polar surface area (TPSA) is 182 Å². The van der Waals surface area contributed by atoms with E-state index in [1.807, 2.05) is 6.07 Å². The first kappa shape index (κ1) is 45.6. The number of amides is 2. The van der Waals surface area contributed by atoms with Crippen LogP contribution >= 0.6 is 0 Å². The Hall–Kier alpha value is -5.90. The third kappa shape index (κ3) is 10.2. The third-order valence-corrected chi connectivity index (χ3v) is 11.8. The van der Waals surface area contributed by atoms with Crippen LogP contribution in [-0.2, 0) is 20.9 Å². The first-order valence-corrected chi connectivity index (χ1v) is 21.1. The Kier molecular flexibility index (Phi) is 15.6. The minimum absolute atomic E-state index is 0.00350. The summed E-state index contributed by atoms with van der Waals surface area (Å²) in [5, 5.41) is 38.3. The quantitative estimate of drug-likeness (QED) is 0.0333. The van der Waals surface area contributed by atoms with Crippen molar-refractivity contribution in [1.82, 2.24) is 10.2 Å². The van der Waals surface area contributed by atoms with Gasteiger partial charge in [-0.15, -0.1) is 6.58 Å². The highest BCUT2D eigenvalue weighted by atomic mass is 19.1. The third-order valence-electron chi connectivity index (χ3n) is 11.8. The summed E-state index contributed by atoms with van der Waals surface area (Å²) < 4.78 is 34.2. The average Bonchev–Trinajstić information content (AvgIpc) is 3.26. The minimum Gasteiger partial charge on any atom is -0.459 e. The zero-order valence-electron chi connectivity index (χ0n) is 35.1. The lowest BCUT2D eigenvalue weighted by Crippen LogP contribution is -2.70. The first-order chi connectivity index (χ1) is 30.1. The van der Waals surface area contributed by atoms with Crippen LogP contribution in [0.3, 0.4) is 0 Å². The number of non-ortho nitro benzene ring substituents is 1. The average molecular weight is 855 g/mol. The number of hydrogen-bond acceptors (Lipinski definition) is 11. The summed E-state index contributed by atoms with van der Waals surface area (Å²) in [6.45, 7) is 6.24. The van der Waals surface area contributed by atoms with Gasteiger partial charge in [0.2, 0.25) is 11.7 Å². The largest absolute Gasteiger partial charge is 0.459 e. The number of rotatable bonds is 20. The van der Waals surface area contributed by atoms with Crippen LogP contribution in [0.15, 0.2) is 102 Å². The van der Waals surface area contributed by atoms with Crippen LogP contribution in [0.1, 0.15) is 74.5 Å². The number of nitrogens with one attached hydrogen (secondary N) is 1. The van der Waals surface area contributed by atoms with Gasteiger partial charge in [0.05, 0.1) is 23.2 Å². The second-order valence-electron chi connectivity index (χ2n) is 15.6. The highest BCUT2D eigenvalue weighted by Gasteiger charge is 2.65. The second kappa shape index (κ2) is 21.3. The van der Waals surface area contributed by atoms with Crippen LogP contribution in [-0.4, -0.2) is 83.1 Å². The number of fused-ring (bicyclic) bond motifs is 2. The van der Waals surface area contributed by atoms with E-state index in [1.165, 1.54) is 37.5 Å². The molecule has 0 radical (unpaired) electrons. The van der Waals surface area contributed by atoms with Gasteiger partial charge >= 0.3 is 6.09 Å². The summed E-state index contributed by atoms with van der Waals surface area (Å²) in [4.78, 5) is 45.6. The van der Waals surface area contributed by atoms with Crippen LogP contribution in [0, 0.1) is 33.7 Å². The monoisotopic (exact) mass is 854 g/mol. The molecule has 3 aromatic rings. The molecule has 0 saturated heterocycles. The Bertz CT molecular complexity index is 2140. The van der Waals surface area contributed by atoms with Gasteiger partial charge in [0.1, 0.15) is 30.5 Å². The molecule has 6 atom stereocenters. The number of hydrogen-bond donors (Lipinski definition) is 3. The molecule has 6 unspecified atom stereocenters. The molecule has 62 heavy (non-hydrogen) atoms. The maximum absolute atomic E-state index is 14.9. The number of carbonyl (C=O) groups excluding carboxylic acids is 2. The van der Waals surface area contributed by atoms with E-state index in [1.54, 1.807) is 60.4 Å². The fourth-order valence-corrected chi connectivity index (χ4v) is 9.21. The van der Waals surface area contributed by atoms with E-state index in [9.17, 15) is 34.3 Å². The van der Waals surface area contributed by atoms with Gasteiger partial charge in [-0.3, -0.25) is 14.9 Å². The van der Waals surface area contributed by atoms with E-state index in [0.717, 1.165) is 24.0 Å². The van der Waals surface area contributed by atoms with E-state index in [0.29, 0.717) is 60.6 Å². The molecule has 0 aromatic heterocycles. The Labute approximate surface area is 360 Å². The lowest BCUT2D eigenvalue weighted by molar-refractivity contribution is -0.384. The molecule has 3 aliphatic rings. The number of nitrogens with zero attached hydrogens (tertiary/aromatic N) is 3. The summed E-state index contributed by atoms with van der Waals surface area (Å²) in [6.07, 6.45) is 10.4. The summed E-state index contributed by atoms with van der Waals surface area (Å²) in [7, 11) is 1.46. The number of ether oxygens (including phenoxy) is 3. The summed E-state index contributed by atoms with van der Waals surface area (Å²) in [6, 6.07) is 16.0. The number of nitro groups is 1. The van der Waals surface area contributed by atoms with Crippen LogP contribution in [0.2, 0.25) is 0 Å². The second-order valence-corrected chi connectivity index (χ2v) is 15.6. The predicted octanol–water partition coefficient (Wildman–Crippen LogP) is 7.85. The summed E-state index contributed by atoms with van der Waals surface area (Å²) >= 11 is 0. The standard InChI is InChI=1S/C47H55FN4O10/c1-4-26-60-47-42(51(30-32-12-17-34(48)18-13-32)43(55)23-16-31-14-19-35(20-15-31)52(57)58)29-40(50-59-3)38-27-33(10-6-8-24-53)37(11-7-9-25-54)44(45(38)47)39-28-36(21-22-41(39)62-47)61-46(56)49-5-2/h4,12-23,27-28,33,37,42,44-45,53-54H,1,5-11,24-26,29-30H2,2-3H3,(H,49,56). The number of halogens is 1. The van der Waals surface area contributed by atoms with E-state index < -0.39 is 40.5 Å². The van der Waals surface area contributed by atoms with Crippen LogP contribution in [0.4, 0.5) is 14.9 Å². The maximum Gasteiger partial charge on any atom is 0.412 e. The van der Waals surface area contributed by atoms with Gasteiger partial charge in [-0.05, 0) is 110 Å². The van der Waals surface area contributed by atoms with Crippen molar-refractivity contribution >= 4 is 29.5 Å². The molecule has 330 valence electrons. The van der Waals surface area contributed by atoms with E-state index >= 15 is 0 Å². The van der Waals surface area contributed by atoms with Gasteiger partial charge in [-0.1, -0.05) is 42.3 Å². The molecule has 3 N–H and O–H groups in total. The van der Waals surface area contributed by atoms with Crippen molar-refractivity contribution < 1.29 is 48.2 Å². The molecule has 3 aromatic carbocycles. The van der Waals surface area contributed by atoms with Crippen LogP contribution in [0.25, 0.3) is 6.08 Å². The van der Waals surface area contributed by atoms with E-state index in [2.05, 4.69) is 23.1 Å². The Morgan fingerprint density at radius 3 is 2.45 bits per heavy atom. The smallest absolute Gasteiger partial charge is 0.412 e. The molecule has 2 aliphatic carbocycles. The van der Waals surface area contributed by atoms with Gasteiger partial charge in [0.25, 0.3) is 5.69 Å². The minimum atomic E-state index is -1.59. The van der Waals surface area contributed by atoms with Crippen LogP contribution in [0.5, 0.6) is 11.5 Å². The number of aliphatic hydroxyl groups excluding tert-OH is 2. The fourth-order valence-electron chi connectivity index (χ4n) is 9.21. The maximum atomic E-state index is 14.9. The number of allylic oxidation sites excluding steroid dienone is 1. The number of carbonyl (C=O) groups is 2. The molecule has 14 nitrogen and oxygen atoms in total. The SMILES string of the molecule is C=CCOC12Oc3ccc(OC(=O)NCC)cc3C3C(CCCCO)C(CCCCO)C=C(C(=NOC)CC1N(Cc1ccc(F)cc1)C(=O)C=Cc1ccc([N+](=O)[O-])cc1)C32. The molecule has 1 saturated carbocycles. The first-order valence-electron chi connectivity index (χ1n) is 21.1. The van der Waals surface area contributed by atoms with E-state index in [4.69, 9.17) is 19.0 Å². The number of unbranched alkanes of at least 4 members (excludes halogenated alkanes) is 2. The summed E-state index contributed by atoms with van der Waals surface area (Å²) in [5.41, 5.74) is 3.26. The predicted molar refractivity (Wildman–Crippen MR) is 231 cm³/mol. The Balaban J connectivity index is 1.58. The van der Waals surface area contributed by atoms with Crippen molar-refractivity contribution in [1.29, 1.82) is 0 Å². The van der Waals surface area contributed by atoms with Crippen molar-refractivity contribution in [3.8, 4) is 11.5 Å². The Morgan fingerprint density at radius 1 is 1.06 bits per heavy atom.